The van der Waals surface area contributed by atoms with Crippen LogP contribution in [0.3, 0.4) is 0 Å². The van der Waals surface area contributed by atoms with Gasteiger partial charge in [-0.25, -0.2) is 4.39 Å². The summed E-state index contributed by atoms with van der Waals surface area (Å²) in [7, 11) is 0. The molecular formula is C24H29FN4O. The zero-order valence-corrected chi connectivity index (χ0v) is 18.0. The summed E-state index contributed by atoms with van der Waals surface area (Å²) in [6, 6.07) is 11.6. The quantitative estimate of drug-likeness (QED) is 0.599. The first-order valence-electron chi connectivity index (χ1n) is 10.6. The Morgan fingerprint density at radius 2 is 1.80 bits per heavy atom. The minimum Gasteiger partial charge on any atom is -0.369 e. The average molecular weight is 409 g/mol. The summed E-state index contributed by atoms with van der Waals surface area (Å²) in [5.41, 5.74) is 5.35. The van der Waals surface area contributed by atoms with Gasteiger partial charge in [-0.15, -0.1) is 0 Å². The van der Waals surface area contributed by atoms with Crippen molar-refractivity contribution in [2.45, 2.75) is 33.6 Å². The highest BCUT2D eigenvalue weighted by molar-refractivity contribution is 5.56. The fourth-order valence-corrected chi connectivity index (χ4v) is 3.95. The third-order valence-electron chi connectivity index (χ3n) is 6.05. The molecule has 0 aliphatic carbocycles. The first-order chi connectivity index (χ1) is 14.5. The molecular weight excluding hydrogens is 379 g/mol. The largest absolute Gasteiger partial charge is 0.369 e. The van der Waals surface area contributed by atoms with Crippen LogP contribution in [0.2, 0.25) is 0 Å². The zero-order chi connectivity index (χ0) is 21.1. The van der Waals surface area contributed by atoms with E-state index in [1.54, 1.807) is 13.0 Å². The number of halogens is 1. The molecule has 0 N–H and O–H groups in total. The number of piperazine rings is 1. The van der Waals surface area contributed by atoms with Gasteiger partial charge in [-0.3, -0.25) is 4.90 Å². The summed E-state index contributed by atoms with van der Waals surface area (Å²) in [6.45, 7) is 11.4. The van der Waals surface area contributed by atoms with Crippen molar-refractivity contribution in [1.82, 2.24) is 15.0 Å². The number of benzene rings is 2. The monoisotopic (exact) mass is 408 g/mol. The van der Waals surface area contributed by atoms with Crippen LogP contribution in [0.5, 0.6) is 0 Å². The van der Waals surface area contributed by atoms with Crippen molar-refractivity contribution in [3.05, 3.63) is 64.8 Å². The van der Waals surface area contributed by atoms with Gasteiger partial charge in [0, 0.05) is 43.9 Å². The smallest absolute Gasteiger partial charge is 0.227 e. The third kappa shape index (κ3) is 4.54. The summed E-state index contributed by atoms with van der Waals surface area (Å²) in [4.78, 5) is 9.42. The standard InChI is InChI=1S/C24H29FN4O/c1-17-6-4-7-22(19(17)3)29-14-12-28(13-15-29)11-5-8-23-26-24(27-30-23)20-10-9-18(2)21(25)16-20/h4,6-7,9-10,16H,5,8,11-15H2,1-3H3. The van der Waals surface area contributed by atoms with E-state index >= 15 is 0 Å². The van der Waals surface area contributed by atoms with Crippen LogP contribution in [0.4, 0.5) is 10.1 Å². The Kier molecular flexibility index (Phi) is 6.13. The molecule has 0 radical (unpaired) electrons. The van der Waals surface area contributed by atoms with Crippen LogP contribution in [0.15, 0.2) is 40.9 Å². The molecule has 1 aliphatic rings. The Labute approximate surface area is 177 Å². The first-order valence-corrected chi connectivity index (χ1v) is 10.6. The second-order valence-electron chi connectivity index (χ2n) is 8.13. The minimum absolute atomic E-state index is 0.251. The second-order valence-corrected chi connectivity index (χ2v) is 8.13. The van der Waals surface area contributed by atoms with E-state index in [0.717, 1.165) is 45.6 Å². The number of aromatic nitrogens is 2. The van der Waals surface area contributed by atoms with E-state index in [1.165, 1.54) is 22.9 Å². The molecule has 0 amide bonds. The molecule has 6 heteroatoms. The highest BCUT2D eigenvalue weighted by Crippen LogP contribution is 2.24. The van der Waals surface area contributed by atoms with Gasteiger partial charge >= 0.3 is 0 Å². The molecule has 0 atom stereocenters. The van der Waals surface area contributed by atoms with Crippen LogP contribution in [0.25, 0.3) is 11.4 Å². The van der Waals surface area contributed by atoms with Crippen LogP contribution in [0, 0.1) is 26.6 Å². The number of nitrogens with zero attached hydrogens (tertiary/aromatic N) is 4. The van der Waals surface area contributed by atoms with E-state index in [4.69, 9.17) is 4.52 Å². The molecule has 0 spiro atoms. The highest BCUT2D eigenvalue weighted by Gasteiger charge is 2.19. The summed E-state index contributed by atoms with van der Waals surface area (Å²) >= 11 is 0. The van der Waals surface area contributed by atoms with Gasteiger partial charge in [0.25, 0.3) is 0 Å². The van der Waals surface area contributed by atoms with Gasteiger partial charge in [0.05, 0.1) is 0 Å². The first kappa shape index (κ1) is 20.5. The van der Waals surface area contributed by atoms with Crippen molar-refractivity contribution in [1.29, 1.82) is 0 Å². The lowest BCUT2D eigenvalue weighted by Gasteiger charge is -2.37. The molecule has 30 heavy (non-hydrogen) atoms. The van der Waals surface area contributed by atoms with E-state index in [-0.39, 0.29) is 5.82 Å². The summed E-state index contributed by atoms with van der Waals surface area (Å²) in [5.74, 6) is 0.810. The topological polar surface area (TPSA) is 45.4 Å². The highest BCUT2D eigenvalue weighted by atomic mass is 19.1. The molecule has 5 nitrogen and oxygen atoms in total. The van der Waals surface area contributed by atoms with Gasteiger partial charge in [0.1, 0.15) is 5.82 Å². The fourth-order valence-electron chi connectivity index (χ4n) is 3.95. The Balaban J connectivity index is 1.25. The van der Waals surface area contributed by atoms with Gasteiger partial charge in [-0.2, -0.15) is 4.98 Å². The molecule has 2 aromatic carbocycles. The van der Waals surface area contributed by atoms with E-state index < -0.39 is 0 Å². The Bertz CT molecular complexity index is 1010. The van der Waals surface area contributed by atoms with Gasteiger partial charge in [-0.05, 0) is 62.6 Å². The van der Waals surface area contributed by atoms with Crippen LogP contribution >= 0.6 is 0 Å². The number of hydrogen-bond acceptors (Lipinski definition) is 5. The van der Waals surface area contributed by atoms with Crippen LogP contribution in [0.1, 0.15) is 29.0 Å². The van der Waals surface area contributed by atoms with Gasteiger partial charge in [0.15, 0.2) is 0 Å². The molecule has 1 aromatic heterocycles. The van der Waals surface area contributed by atoms with Crippen molar-refractivity contribution in [3.63, 3.8) is 0 Å². The van der Waals surface area contributed by atoms with Gasteiger partial charge in [0.2, 0.25) is 11.7 Å². The van der Waals surface area contributed by atoms with E-state index in [0.29, 0.717) is 22.8 Å². The van der Waals surface area contributed by atoms with Gasteiger partial charge < -0.3 is 9.42 Å². The maximum atomic E-state index is 13.8. The van der Waals surface area contributed by atoms with Crippen LogP contribution in [-0.2, 0) is 6.42 Å². The maximum Gasteiger partial charge on any atom is 0.227 e. The predicted molar refractivity (Wildman–Crippen MR) is 117 cm³/mol. The lowest BCUT2D eigenvalue weighted by Crippen LogP contribution is -2.47. The van der Waals surface area contributed by atoms with Crippen LogP contribution < -0.4 is 4.90 Å². The van der Waals surface area contributed by atoms with Gasteiger partial charge in [-0.1, -0.05) is 29.4 Å². The molecule has 0 bridgehead atoms. The zero-order valence-electron chi connectivity index (χ0n) is 18.0. The molecule has 3 aromatic rings. The Morgan fingerprint density at radius 1 is 1.00 bits per heavy atom. The number of anilines is 1. The summed E-state index contributed by atoms with van der Waals surface area (Å²) in [6.07, 6.45) is 1.70. The van der Waals surface area contributed by atoms with E-state index in [2.05, 4.69) is 52.0 Å². The third-order valence-corrected chi connectivity index (χ3v) is 6.05. The Morgan fingerprint density at radius 3 is 2.57 bits per heavy atom. The lowest BCUT2D eigenvalue weighted by molar-refractivity contribution is 0.250. The maximum absolute atomic E-state index is 13.8. The SMILES string of the molecule is Cc1ccc(-c2noc(CCCN3CCN(c4cccc(C)c4C)CC3)n2)cc1F. The lowest BCUT2D eigenvalue weighted by atomic mass is 10.1. The minimum atomic E-state index is -0.251. The molecule has 0 unspecified atom stereocenters. The van der Waals surface area contributed by atoms with Crippen molar-refractivity contribution < 1.29 is 8.91 Å². The predicted octanol–water partition coefficient (Wildman–Crippen LogP) is 4.56. The molecule has 1 aliphatic heterocycles. The number of aryl methyl sites for hydroxylation is 3. The molecule has 4 rings (SSSR count). The average Bonchev–Trinajstić information content (AvgIpc) is 3.22. The molecule has 158 valence electrons. The fraction of sp³-hybridized carbons (Fsp3) is 0.417. The second kappa shape index (κ2) is 8.96. The molecule has 1 saturated heterocycles. The number of rotatable bonds is 6. The van der Waals surface area contributed by atoms with Crippen molar-refractivity contribution in [2.75, 3.05) is 37.6 Å². The van der Waals surface area contributed by atoms with E-state index in [1.807, 2.05) is 6.07 Å². The summed E-state index contributed by atoms with van der Waals surface area (Å²) in [5, 5.41) is 4.01. The molecule has 2 heterocycles. The molecule has 0 saturated carbocycles. The van der Waals surface area contributed by atoms with Crippen LogP contribution in [-0.4, -0.2) is 47.8 Å². The van der Waals surface area contributed by atoms with E-state index in [9.17, 15) is 4.39 Å². The number of hydrogen-bond donors (Lipinski definition) is 0. The van der Waals surface area contributed by atoms with Crippen molar-refractivity contribution in [2.24, 2.45) is 0 Å². The van der Waals surface area contributed by atoms with Crippen molar-refractivity contribution in [3.8, 4) is 11.4 Å². The van der Waals surface area contributed by atoms with Crippen molar-refractivity contribution >= 4 is 5.69 Å². The molecule has 1 fully saturated rings. The Hall–Kier alpha value is -2.73. The normalized spacial score (nSPS) is 15.0. The summed E-state index contributed by atoms with van der Waals surface area (Å²) < 4.78 is 19.1.